The molecule has 0 aliphatic carbocycles. The number of H-pyrrole nitrogens is 1. The van der Waals surface area contributed by atoms with E-state index in [1.807, 2.05) is 71.1 Å². The van der Waals surface area contributed by atoms with Gasteiger partial charge >= 0.3 is 0 Å². The summed E-state index contributed by atoms with van der Waals surface area (Å²) in [6.45, 7) is 1.87. The second kappa shape index (κ2) is 12.3. The van der Waals surface area contributed by atoms with Gasteiger partial charge in [0.15, 0.2) is 0 Å². The maximum absolute atomic E-state index is 13.5. The smallest absolute Gasteiger partial charge is 0.242 e. The first kappa shape index (κ1) is 24.7. The van der Waals surface area contributed by atoms with E-state index in [1.165, 1.54) is 10.9 Å². The Morgan fingerprint density at radius 1 is 0.914 bits per heavy atom. The van der Waals surface area contributed by atoms with Crippen molar-refractivity contribution >= 4 is 34.1 Å². The topological polar surface area (TPSA) is 65.6 Å². The van der Waals surface area contributed by atoms with Gasteiger partial charge in [-0.2, -0.15) is 0 Å². The van der Waals surface area contributed by atoms with Crippen LogP contribution in [0.25, 0.3) is 10.9 Å². The van der Waals surface area contributed by atoms with E-state index < -0.39 is 0 Å². The molecule has 182 valence electrons. The zero-order valence-electron chi connectivity index (χ0n) is 20.0. The number of aromatic nitrogens is 1. The Balaban J connectivity index is 1.48. The first-order chi connectivity index (χ1) is 17.1. The molecule has 0 radical (unpaired) electrons. The highest BCUT2D eigenvalue weighted by Crippen LogP contribution is 2.19. The van der Waals surface area contributed by atoms with Gasteiger partial charge in [0.05, 0.1) is 19.6 Å². The summed E-state index contributed by atoms with van der Waals surface area (Å²) in [5.74, 6) is -0.126. The van der Waals surface area contributed by atoms with Gasteiger partial charge < -0.3 is 19.5 Å². The molecule has 4 rings (SSSR count). The normalized spacial score (nSPS) is 11.0. The van der Waals surface area contributed by atoms with Crippen molar-refractivity contribution in [3.8, 4) is 0 Å². The number of rotatable bonds is 12. The molecule has 2 heterocycles. The molecule has 0 aliphatic rings. The van der Waals surface area contributed by atoms with Crippen molar-refractivity contribution in [1.82, 2.24) is 14.8 Å². The van der Waals surface area contributed by atoms with Gasteiger partial charge in [0, 0.05) is 48.7 Å². The van der Waals surface area contributed by atoms with Gasteiger partial charge in [-0.1, -0.05) is 54.6 Å². The average molecular weight is 490 g/mol. The number of para-hydroxylation sites is 1. The third kappa shape index (κ3) is 6.81. The maximum Gasteiger partial charge on any atom is 0.242 e. The van der Waals surface area contributed by atoms with Crippen LogP contribution < -0.4 is 0 Å². The lowest BCUT2D eigenvalue weighted by Gasteiger charge is -2.28. The van der Waals surface area contributed by atoms with Gasteiger partial charge in [0.1, 0.15) is 0 Å². The number of carbonyl (C=O) groups excluding carboxylic acids is 2. The van der Waals surface area contributed by atoms with Crippen LogP contribution in [-0.2, 0) is 33.7 Å². The molecule has 1 N–H and O–H groups in total. The van der Waals surface area contributed by atoms with E-state index in [0.717, 1.165) is 22.4 Å². The first-order valence-electron chi connectivity index (χ1n) is 11.8. The Bertz CT molecular complexity index is 1220. The fourth-order valence-corrected chi connectivity index (χ4v) is 4.82. The number of carbonyl (C=O) groups is 2. The lowest BCUT2D eigenvalue weighted by molar-refractivity contribution is -0.141. The largest absolute Gasteiger partial charge is 0.383 e. The molecule has 0 aliphatic heterocycles. The number of fused-ring (bicyclic) bond motifs is 1. The SMILES string of the molecule is COCCN(CC(=O)N(CCc1c[nH]c2ccccc12)Cc1ccccc1)C(=O)Cc1cccs1. The second-order valence-corrected chi connectivity index (χ2v) is 9.51. The Labute approximate surface area is 210 Å². The average Bonchev–Trinajstić information content (AvgIpc) is 3.54. The molecule has 0 atom stereocenters. The minimum Gasteiger partial charge on any atom is -0.383 e. The van der Waals surface area contributed by atoms with Crippen LogP contribution in [0, 0.1) is 0 Å². The molecule has 0 saturated carbocycles. The van der Waals surface area contributed by atoms with Crippen LogP contribution in [0.2, 0.25) is 0 Å². The molecular weight excluding hydrogens is 458 g/mol. The minimum atomic E-state index is -0.0654. The fraction of sp³-hybridized carbons (Fsp3) is 0.286. The maximum atomic E-state index is 13.5. The van der Waals surface area contributed by atoms with Crippen molar-refractivity contribution in [1.29, 1.82) is 0 Å². The Morgan fingerprint density at radius 2 is 1.71 bits per heavy atom. The van der Waals surface area contributed by atoms with E-state index >= 15 is 0 Å². The number of hydrogen-bond donors (Lipinski definition) is 1. The van der Waals surface area contributed by atoms with Gasteiger partial charge in [0.2, 0.25) is 11.8 Å². The number of benzene rings is 2. The zero-order valence-corrected chi connectivity index (χ0v) is 20.8. The van der Waals surface area contributed by atoms with E-state index in [-0.39, 0.29) is 18.4 Å². The molecule has 0 spiro atoms. The summed E-state index contributed by atoms with van der Waals surface area (Å²) in [6, 6.07) is 22.0. The summed E-state index contributed by atoms with van der Waals surface area (Å²) in [5, 5.41) is 3.13. The van der Waals surface area contributed by atoms with Crippen LogP contribution in [0.3, 0.4) is 0 Å². The lowest BCUT2D eigenvalue weighted by atomic mass is 10.1. The Hall–Kier alpha value is -3.42. The number of nitrogens with zero attached hydrogens (tertiary/aromatic N) is 2. The number of thiophene rings is 1. The van der Waals surface area contributed by atoms with E-state index in [9.17, 15) is 9.59 Å². The van der Waals surface area contributed by atoms with Gasteiger partial charge in [-0.25, -0.2) is 0 Å². The summed E-state index contributed by atoms with van der Waals surface area (Å²) in [6.07, 6.45) is 3.04. The number of hydrogen-bond acceptors (Lipinski definition) is 4. The van der Waals surface area contributed by atoms with Crippen LogP contribution >= 0.6 is 11.3 Å². The number of amides is 2. The zero-order chi connectivity index (χ0) is 24.5. The van der Waals surface area contributed by atoms with Crippen molar-refractivity contribution in [2.24, 2.45) is 0 Å². The Kier molecular flexibility index (Phi) is 8.70. The standard InChI is InChI=1S/C28H31N3O3S/c1-34-16-15-31(27(32)18-24-10-7-17-35-24)21-28(33)30(20-22-8-3-2-4-9-22)14-13-23-19-29-26-12-6-5-11-25(23)26/h2-12,17,19,29H,13-16,18,20-21H2,1H3. The van der Waals surface area contributed by atoms with Crippen molar-refractivity contribution in [3.05, 3.63) is 94.3 Å². The molecule has 2 amide bonds. The number of aromatic amines is 1. The second-order valence-electron chi connectivity index (χ2n) is 8.47. The van der Waals surface area contributed by atoms with Crippen LogP contribution in [0.5, 0.6) is 0 Å². The monoisotopic (exact) mass is 489 g/mol. The number of ether oxygens (including phenoxy) is 1. The van der Waals surface area contributed by atoms with E-state index in [1.54, 1.807) is 23.3 Å². The molecule has 0 unspecified atom stereocenters. The van der Waals surface area contributed by atoms with Crippen LogP contribution in [0.15, 0.2) is 78.3 Å². The fourth-order valence-electron chi connectivity index (χ4n) is 4.12. The number of nitrogens with one attached hydrogen (secondary N) is 1. The quantitative estimate of drug-likeness (QED) is 0.318. The van der Waals surface area contributed by atoms with E-state index in [4.69, 9.17) is 4.74 Å². The van der Waals surface area contributed by atoms with E-state index in [0.29, 0.717) is 32.7 Å². The lowest BCUT2D eigenvalue weighted by Crippen LogP contribution is -2.45. The van der Waals surface area contributed by atoms with Crippen molar-refractivity contribution in [2.45, 2.75) is 19.4 Å². The highest BCUT2D eigenvalue weighted by molar-refractivity contribution is 7.10. The highest BCUT2D eigenvalue weighted by atomic mass is 32.1. The van der Waals surface area contributed by atoms with E-state index in [2.05, 4.69) is 17.1 Å². The first-order valence-corrected chi connectivity index (χ1v) is 12.7. The third-order valence-electron chi connectivity index (χ3n) is 6.04. The molecular formula is C28H31N3O3S. The van der Waals surface area contributed by atoms with Gasteiger partial charge in [-0.15, -0.1) is 11.3 Å². The predicted molar refractivity (Wildman–Crippen MR) is 140 cm³/mol. The molecule has 35 heavy (non-hydrogen) atoms. The summed E-state index contributed by atoms with van der Waals surface area (Å²) in [5.41, 5.74) is 3.33. The predicted octanol–water partition coefficient (Wildman–Crippen LogP) is 4.52. The number of methoxy groups -OCH3 is 1. The van der Waals surface area contributed by atoms with Crippen molar-refractivity contribution < 1.29 is 14.3 Å². The molecule has 2 aromatic heterocycles. The van der Waals surface area contributed by atoms with Gasteiger partial charge in [-0.3, -0.25) is 9.59 Å². The van der Waals surface area contributed by atoms with Crippen molar-refractivity contribution in [2.75, 3.05) is 33.4 Å². The Morgan fingerprint density at radius 3 is 2.49 bits per heavy atom. The van der Waals surface area contributed by atoms with Gasteiger partial charge in [0.25, 0.3) is 0 Å². The van der Waals surface area contributed by atoms with Crippen molar-refractivity contribution in [3.63, 3.8) is 0 Å². The molecule has 2 aromatic carbocycles. The summed E-state index contributed by atoms with van der Waals surface area (Å²) >= 11 is 1.55. The molecule has 0 saturated heterocycles. The molecule has 6 nitrogen and oxygen atoms in total. The molecule has 0 bridgehead atoms. The molecule has 7 heteroatoms. The summed E-state index contributed by atoms with van der Waals surface area (Å²) < 4.78 is 5.21. The molecule has 4 aromatic rings. The third-order valence-corrected chi connectivity index (χ3v) is 6.92. The highest BCUT2D eigenvalue weighted by Gasteiger charge is 2.22. The minimum absolute atomic E-state index is 0.0360. The summed E-state index contributed by atoms with van der Waals surface area (Å²) in [7, 11) is 1.60. The molecule has 0 fully saturated rings. The van der Waals surface area contributed by atoms with Crippen LogP contribution in [0.4, 0.5) is 0 Å². The van der Waals surface area contributed by atoms with Crippen LogP contribution in [-0.4, -0.2) is 59.9 Å². The van der Waals surface area contributed by atoms with Gasteiger partial charge in [-0.05, 0) is 35.1 Å². The van der Waals surface area contributed by atoms with Crippen LogP contribution in [0.1, 0.15) is 16.0 Å². The summed E-state index contributed by atoms with van der Waals surface area (Å²) in [4.78, 5) is 34.3.